The minimum Gasteiger partial charge on any atom is -0.373 e. The Morgan fingerprint density at radius 3 is 2.84 bits per heavy atom. The van der Waals surface area contributed by atoms with Gasteiger partial charge in [0.1, 0.15) is 0 Å². The summed E-state index contributed by atoms with van der Waals surface area (Å²) in [4.78, 5) is 18.8. The molecular weight excluding hydrogens is 316 g/mol. The van der Waals surface area contributed by atoms with E-state index in [9.17, 15) is 4.79 Å². The molecule has 0 unspecified atom stereocenters. The summed E-state index contributed by atoms with van der Waals surface area (Å²) in [6.45, 7) is 1.99. The van der Waals surface area contributed by atoms with Crippen molar-refractivity contribution in [2.45, 2.75) is 25.6 Å². The number of piperidine rings is 1. The van der Waals surface area contributed by atoms with Crippen LogP contribution in [0.2, 0.25) is 0 Å². The van der Waals surface area contributed by atoms with E-state index in [4.69, 9.17) is 4.74 Å². The Morgan fingerprint density at radius 2 is 2.04 bits per heavy atom. The lowest BCUT2D eigenvalue weighted by Gasteiger charge is -2.31. The Labute approximate surface area is 146 Å². The molecule has 0 saturated carbocycles. The smallest absolute Gasteiger partial charge is 0.257 e. The van der Waals surface area contributed by atoms with Gasteiger partial charge in [0, 0.05) is 31.7 Å². The van der Waals surface area contributed by atoms with Crippen molar-refractivity contribution in [1.82, 2.24) is 19.5 Å². The monoisotopic (exact) mass is 336 g/mol. The molecule has 4 rings (SSSR count). The largest absolute Gasteiger partial charge is 0.373 e. The minimum atomic E-state index is 0.0481. The molecule has 3 aromatic heterocycles. The first-order valence-corrected chi connectivity index (χ1v) is 8.53. The number of carbonyl (C=O) groups excluding carboxylic acids is 1. The minimum absolute atomic E-state index is 0.0481. The Balaban J connectivity index is 1.34. The van der Waals surface area contributed by atoms with Crippen LogP contribution in [-0.4, -0.2) is 44.6 Å². The number of likely N-dealkylation sites (tertiary alicyclic amines) is 1. The standard InChI is InChI=1S/C19H20N4O2/c24-19(17-13-21-23-9-2-1-5-18(17)23)22-10-6-16(7-11-22)25-14-15-4-3-8-20-12-15/h1-5,8-9,12-13,16H,6-7,10-11,14H2. The fourth-order valence-corrected chi connectivity index (χ4v) is 3.19. The molecule has 0 spiro atoms. The number of rotatable bonds is 4. The first-order chi connectivity index (χ1) is 12.3. The van der Waals surface area contributed by atoms with Gasteiger partial charge in [0.15, 0.2) is 0 Å². The van der Waals surface area contributed by atoms with Gasteiger partial charge in [0.05, 0.1) is 30.0 Å². The Morgan fingerprint density at radius 1 is 1.16 bits per heavy atom. The molecular formula is C19H20N4O2. The van der Waals surface area contributed by atoms with E-state index in [0.717, 1.165) is 23.9 Å². The lowest BCUT2D eigenvalue weighted by Crippen LogP contribution is -2.40. The molecule has 6 nitrogen and oxygen atoms in total. The second kappa shape index (κ2) is 7.03. The van der Waals surface area contributed by atoms with Gasteiger partial charge in [-0.05, 0) is 36.6 Å². The highest BCUT2D eigenvalue weighted by Gasteiger charge is 2.25. The van der Waals surface area contributed by atoms with E-state index < -0.39 is 0 Å². The average molecular weight is 336 g/mol. The van der Waals surface area contributed by atoms with Crippen LogP contribution in [0.4, 0.5) is 0 Å². The van der Waals surface area contributed by atoms with Gasteiger partial charge >= 0.3 is 0 Å². The van der Waals surface area contributed by atoms with E-state index in [1.54, 1.807) is 16.9 Å². The number of pyridine rings is 2. The van der Waals surface area contributed by atoms with E-state index in [1.807, 2.05) is 47.6 Å². The van der Waals surface area contributed by atoms with Crippen LogP contribution in [0.25, 0.3) is 5.52 Å². The number of hydrogen-bond acceptors (Lipinski definition) is 4. The molecule has 6 heteroatoms. The number of nitrogens with zero attached hydrogens (tertiary/aromatic N) is 4. The highest BCUT2D eigenvalue weighted by atomic mass is 16.5. The zero-order valence-corrected chi connectivity index (χ0v) is 13.9. The molecule has 4 heterocycles. The van der Waals surface area contributed by atoms with Crippen LogP contribution in [0, 0.1) is 0 Å². The lowest BCUT2D eigenvalue weighted by molar-refractivity contribution is -0.000424. The van der Waals surface area contributed by atoms with Crippen molar-refractivity contribution in [2.75, 3.05) is 13.1 Å². The molecule has 1 aliphatic heterocycles. The van der Waals surface area contributed by atoms with Gasteiger partial charge in [-0.25, -0.2) is 4.52 Å². The van der Waals surface area contributed by atoms with Gasteiger partial charge in [0.25, 0.3) is 5.91 Å². The molecule has 1 amide bonds. The highest BCUT2D eigenvalue weighted by molar-refractivity contribution is 6.00. The van der Waals surface area contributed by atoms with Crippen molar-refractivity contribution in [2.24, 2.45) is 0 Å². The summed E-state index contributed by atoms with van der Waals surface area (Å²) >= 11 is 0. The fourth-order valence-electron chi connectivity index (χ4n) is 3.19. The van der Waals surface area contributed by atoms with E-state index in [0.29, 0.717) is 25.3 Å². The summed E-state index contributed by atoms with van der Waals surface area (Å²) in [6.07, 6.45) is 8.98. The fraction of sp³-hybridized carbons (Fsp3) is 0.316. The second-order valence-electron chi connectivity index (χ2n) is 6.25. The maximum absolute atomic E-state index is 12.8. The lowest BCUT2D eigenvalue weighted by atomic mass is 10.1. The maximum Gasteiger partial charge on any atom is 0.257 e. The van der Waals surface area contributed by atoms with Gasteiger partial charge in [-0.15, -0.1) is 0 Å². The van der Waals surface area contributed by atoms with Crippen molar-refractivity contribution in [1.29, 1.82) is 0 Å². The molecule has 0 bridgehead atoms. The third-order valence-electron chi connectivity index (χ3n) is 4.59. The molecule has 25 heavy (non-hydrogen) atoms. The molecule has 0 radical (unpaired) electrons. The number of hydrogen-bond donors (Lipinski definition) is 0. The molecule has 1 fully saturated rings. The molecule has 3 aromatic rings. The zero-order chi connectivity index (χ0) is 17.1. The summed E-state index contributed by atoms with van der Waals surface area (Å²) in [6, 6.07) is 9.67. The SMILES string of the molecule is O=C(c1cnn2ccccc12)N1CCC(OCc2cccnc2)CC1. The number of amides is 1. The Bertz CT molecular complexity index is 854. The Kier molecular flexibility index (Phi) is 4.43. The van der Waals surface area contributed by atoms with Gasteiger partial charge in [-0.1, -0.05) is 12.1 Å². The van der Waals surface area contributed by atoms with Crippen LogP contribution in [0.5, 0.6) is 0 Å². The number of ether oxygens (including phenoxy) is 1. The third kappa shape index (κ3) is 3.39. The molecule has 0 atom stereocenters. The van der Waals surface area contributed by atoms with Gasteiger partial charge in [-0.3, -0.25) is 9.78 Å². The van der Waals surface area contributed by atoms with E-state index in [-0.39, 0.29) is 12.0 Å². The first kappa shape index (κ1) is 15.8. The first-order valence-electron chi connectivity index (χ1n) is 8.53. The van der Waals surface area contributed by atoms with Gasteiger partial charge in [-0.2, -0.15) is 5.10 Å². The summed E-state index contributed by atoms with van der Waals surface area (Å²) < 4.78 is 7.70. The van der Waals surface area contributed by atoms with Crippen molar-refractivity contribution >= 4 is 11.4 Å². The van der Waals surface area contributed by atoms with E-state index >= 15 is 0 Å². The van der Waals surface area contributed by atoms with Crippen LogP contribution < -0.4 is 0 Å². The van der Waals surface area contributed by atoms with Gasteiger partial charge < -0.3 is 9.64 Å². The topological polar surface area (TPSA) is 59.7 Å². The van der Waals surface area contributed by atoms with Crippen LogP contribution in [0.15, 0.2) is 55.1 Å². The van der Waals surface area contributed by atoms with Crippen molar-refractivity contribution in [3.63, 3.8) is 0 Å². The summed E-state index contributed by atoms with van der Waals surface area (Å²) in [7, 11) is 0. The summed E-state index contributed by atoms with van der Waals surface area (Å²) in [5, 5.41) is 4.25. The molecule has 128 valence electrons. The number of fused-ring (bicyclic) bond motifs is 1. The Hall–Kier alpha value is -2.73. The van der Waals surface area contributed by atoms with Crippen molar-refractivity contribution in [3.05, 3.63) is 66.2 Å². The molecule has 1 saturated heterocycles. The normalized spacial score (nSPS) is 15.6. The van der Waals surface area contributed by atoms with Crippen LogP contribution in [0.3, 0.4) is 0 Å². The van der Waals surface area contributed by atoms with Crippen LogP contribution >= 0.6 is 0 Å². The predicted molar refractivity (Wildman–Crippen MR) is 93.1 cm³/mol. The van der Waals surface area contributed by atoms with Crippen molar-refractivity contribution < 1.29 is 9.53 Å². The second-order valence-corrected chi connectivity index (χ2v) is 6.25. The summed E-state index contributed by atoms with van der Waals surface area (Å²) in [5.41, 5.74) is 2.59. The van der Waals surface area contributed by atoms with E-state index in [1.165, 1.54) is 0 Å². The maximum atomic E-state index is 12.8. The highest BCUT2D eigenvalue weighted by Crippen LogP contribution is 2.19. The quantitative estimate of drug-likeness (QED) is 0.735. The van der Waals surface area contributed by atoms with Gasteiger partial charge in [0.2, 0.25) is 0 Å². The zero-order valence-electron chi connectivity index (χ0n) is 13.9. The number of carbonyl (C=O) groups is 1. The molecule has 0 aliphatic carbocycles. The third-order valence-corrected chi connectivity index (χ3v) is 4.59. The summed E-state index contributed by atoms with van der Waals surface area (Å²) in [5.74, 6) is 0.0481. The molecule has 1 aliphatic rings. The van der Waals surface area contributed by atoms with E-state index in [2.05, 4.69) is 10.1 Å². The number of aromatic nitrogens is 3. The molecule has 0 N–H and O–H groups in total. The predicted octanol–water partition coefficient (Wildman–Crippen LogP) is 2.55. The average Bonchev–Trinajstić information content (AvgIpc) is 3.11. The van der Waals surface area contributed by atoms with Crippen LogP contribution in [-0.2, 0) is 11.3 Å². The van der Waals surface area contributed by atoms with Crippen LogP contribution in [0.1, 0.15) is 28.8 Å². The van der Waals surface area contributed by atoms with Crippen molar-refractivity contribution in [3.8, 4) is 0 Å². The molecule has 0 aromatic carbocycles.